The van der Waals surface area contributed by atoms with Gasteiger partial charge in [-0.2, -0.15) is 0 Å². The molecule has 1 heterocycles. The highest BCUT2D eigenvalue weighted by Crippen LogP contribution is 2.22. The topological polar surface area (TPSA) is 77.2 Å². The Morgan fingerprint density at radius 1 is 1.11 bits per heavy atom. The molecule has 2 aromatic carbocycles. The van der Waals surface area contributed by atoms with Gasteiger partial charge in [0.2, 0.25) is 5.91 Å². The molecule has 146 valence electrons. The van der Waals surface area contributed by atoms with Crippen molar-refractivity contribution in [3.8, 4) is 5.75 Å². The molecule has 0 aliphatic rings. The van der Waals surface area contributed by atoms with E-state index in [1.54, 1.807) is 0 Å². The van der Waals surface area contributed by atoms with Gasteiger partial charge in [-0.3, -0.25) is 4.79 Å². The van der Waals surface area contributed by atoms with Gasteiger partial charge in [-0.15, -0.1) is 10.2 Å². The Labute approximate surface area is 176 Å². The molecular formula is C20H20BrN3O3S. The summed E-state index contributed by atoms with van der Waals surface area (Å²) in [6.07, 6.45) is 0. The summed E-state index contributed by atoms with van der Waals surface area (Å²) in [5.41, 5.74) is 4.17. The normalized spacial score (nSPS) is 10.7. The van der Waals surface area contributed by atoms with E-state index >= 15 is 0 Å². The second-order valence-electron chi connectivity index (χ2n) is 6.30. The quantitative estimate of drug-likeness (QED) is 0.495. The molecule has 0 unspecified atom stereocenters. The molecule has 0 spiro atoms. The summed E-state index contributed by atoms with van der Waals surface area (Å²) in [5.74, 6) is 1.15. The minimum absolute atomic E-state index is 0.141. The van der Waals surface area contributed by atoms with E-state index in [1.165, 1.54) is 17.3 Å². The average molecular weight is 462 g/mol. The van der Waals surface area contributed by atoms with Gasteiger partial charge in [0.15, 0.2) is 6.61 Å². The third kappa shape index (κ3) is 5.59. The highest BCUT2D eigenvalue weighted by Gasteiger charge is 2.11. The minimum Gasteiger partial charge on any atom is -0.484 e. The van der Waals surface area contributed by atoms with Gasteiger partial charge in [0, 0.05) is 10.2 Å². The van der Waals surface area contributed by atoms with Crippen molar-refractivity contribution < 1.29 is 13.9 Å². The van der Waals surface area contributed by atoms with Crippen LogP contribution >= 0.6 is 27.7 Å². The molecule has 0 atom stereocenters. The lowest BCUT2D eigenvalue weighted by atomic mass is 10.1. The molecule has 1 N–H and O–H groups in total. The number of rotatable bonds is 7. The molecule has 0 fully saturated rings. The maximum Gasteiger partial charge on any atom is 0.277 e. The monoisotopic (exact) mass is 461 g/mol. The van der Waals surface area contributed by atoms with Crippen LogP contribution in [0.4, 0.5) is 5.69 Å². The summed E-state index contributed by atoms with van der Waals surface area (Å²) in [5, 5.41) is 11.1. The summed E-state index contributed by atoms with van der Waals surface area (Å²) in [6.45, 7) is 6.23. The molecule has 0 saturated carbocycles. The molecule has 1 aromatic heterocycles. The number of aryl methyl sites for hydroxylation is 3. The third-order valence-electron chi connectivity index (χ3n) is 4.06. The second-order valence-corrected chi connectivity index (χ2v) is 8.08. The number of benzene rings is 2. The van der Waals surface area contributed by atoms with Crippen LogP contribution in [0.1, 0.15) is 22.6 Å². The molecule has 0 aliphatic carbocycles. The summed E-state index contributed by atoms with van der Waals surface area (Å²) in [7, 11) is 0. The lowest BCUT2D eigenvalue weighted by Gasteiger charge is -2.06. The van der Waals surface area contributed by atoms with E-state index in [1.807, 2.05) is 50.2 Å². The van der Waals surface area contributed by atoms with Crippen LogP contribution in [0.3, 0.4) is 0 Å². The number of carbonyl (C=O) groups excluding carboxylic acids is 1. The number of anilines is 1. The number of thioether (sulfide) groups is 1. The van der Waals surface area contributed by atoms with E-state index in [0.29, 0.717) is 11.1 Å². The molecule has 0 aliphatic heterocycles. The van der Waals surface area contributed by atoms with Crippen LogP contribution in [0.5, 0.6) is 5.75 Å². The third-order valence-corrected chi connectivity index (χ3v) is 5.77. The first-order valence-corrected chi connectivity index (χ1v) is 10.4. The van der Waals surface area contributed by atoms with Crippen LogP contribution in [-0.2, 0) is 11.4 Å². The maximum atomic E-state index is 12.1. The van der Waals surface area contributed by atoms with Gasteiger partial charge in [-0.05, 0) is 67.8 Å². The lowest BCUT2D eigenvalue weighted by molar-refractivity contribution is -0.113. The number of hydrogen-bond acceptors (Lipinski definition) is 6. The van der Waals surface area contributed by atoms with Crippen molar-refractivity contribution in [3.63, 3.8) is 0 Å². The average Bonchev–Trinajstić information content (AvgIpc) is 3.12. The molecule has 0 radical (unpaired) electrons. The van der Waals surface area contributed by atoms with Crippen molar-refractivity contribution in [3.05, 3.63) is 63.5 Å². The fourth-order valence-corrected chi connectivity index (χ4v) is 3.18. The smallest absolute Gasteiger partial charge is 0.277 e. The van der Waals surface area contributed by atoms with E-state index < -0.39 is 0 Å². The number of nitrogens with one attached hydrogen (secondary N) is 1. The number of nitrogens with zero attached hydrogens (tertiary/aromatic N) is 2. The van der Waals surface area contributed by atoms with Crippen LogP contribution in [0.25, 0.3) is 0 Å². The first kappa shape index (κ1) is 20.4. The number of aromatic nitrogens is 2. The van der Waals surface area contributed by atoms with Crippen molar-refractivity contribution >= 4 is 39.3 Å². The molecule has 0 bridgehead atoms. The fraction of sp³-hybridized carbons (Fsp3) is 0.250. The molecule has 1 amide bonds. The predicted octanol–water partition coefficient (Wildman–Crippen LogP) is 5.07. The number of amides is 1. The Bertz CT molecular complexity index is 991. The van der Waals surface area contributed by atoms with Crippen molar-refractivity contribution in [2.24, 2.45) is 0 Å². The van der Waals surface area contributed by atoms with Crippen molar-refractivity contribution in [1.29, 1.82) is 0 Å². The predicted molar refractivity (Wildman–Crippen MR) is 113 cm³/mol. The molecule has 8 heteroatoms. The maximum absolute atomic E-state index is 12.1. The van der Waals surface area contributed by atoms with E-state index in [-0.39, 0.29) is 18.3 Å². The molecule has 3 rings (SSSR count). The summed E-state index contributed by atoms with van der Waals surface area (Å²) >= 11 is 4.62. The van der Waals surface area contributed by atoms with Crippen LogP contribution in [0.2, 0.25) is 0 Å². The van der Waals surface area contributed by atoms with Gasteiger partial charge < -0.3 is 14.5 Å². The highest BCUT2D eigenvalue weighted by atomic mass is 79.9. The van der Waals surface area contributed by atoms with Gasteiger partial charge in [-0.25, -0.2) is 0 Å². The zero-order valence-corrected chi connectivity index (χ0v) is 18.2. The zero-order chi connectivity index (χ0) is 20.1. The van der Waals surface area contributed by atoms with E-state index in [2.05, 4.69) is 38.4 Å². The summed E-state index contributed by atoms with van der Waals surface area (Å²) in [4.78, 5) is 12.1. The second kappa shape index (κ2) is 9.25. The Balaban J connectivity index is 1.48. The van der Waals surface area contributed by atoms with Gasteiger partial charge in [0.1, 0.15) is 5.75 Å². The van der Waals surface area contributed by atoms with Gasteiger partial charge in [0.25, 0.3) is 11.1 Å². The molecular weight excluding hydrogens is 442 g/mol. The SMILES string of the molecule is Cc1ccc(OCc2nnc(SCC(=O)Nc3ccc(Br)c(C)c3)o2)cc1C. The highest BCUT2D eigenvalue weighted by molar-refractivity contribution is 9.10. The van der Waals surface area contributed by atoms with E-state index in [9.17, 15) is 4.79 Å². The van der Waals surface area contributed by atoms with E-state index in [0.717, 1.165) is 27.0 Å². The number of ether oxygens (including phenoxy) is 1. The van der Waals surface area contributed by atoms with Crippen molar-refractivity contribution in [2.45, 2.75) is 32.6 Å². The Hall–Kier alpha value is -2.32. The number of hydrogen-bond donors (Lipinski definition) is 1. The molecule has 3 aromatic rings. The van der Waals surface area contributed by atoms with Crippen LogP contribution in [0.15, 0.2) is 50.5 Å². The molecule has 6 nitrogen and oxygen atoms in total. The van der Waals surface area contributed by atoms with Gasteiger partial charge >= 0.3 is 0 Å². The number of halogens is 1. The molecule has 0 saturated heterocycles. The summed E-state index contributed by atoms with van der Waals surface area (Å²) in [6, 6.07) is 11.5. The Kier molecular flexibility index (Phi) is 6.74. The largest absolute Gasteiger partial charge is 0.484 e. The number of carbonyl (C=O) groups is 1. The standard InChI is InChI=1S/C20H20BrN3O3S/c1-12-4-6-16(9-13(12)2)26-10-19-23-24-20(27-19)28-11-18(25)22-15-5-7-17(21)14(3)8-15/h4-9H,10-11H2,1-3H3,(H,22,25). The first-order chi connectivity index (χ1) is 13.4. The van der Waals surface area contributed by atoms with Crippen LogP contribution in [-0.4, -0.2) is 21.9 Å². The minimum atomic E-state index is -0.141. The fourth-order valence-electron chi connectivity index (χ4n) is 2.35. The lowest BCUT2D eigenvalue weighted by Crippen LogP contribution is -2.14. The van der Waals surface area contributed by atoms with Crippen LogP contribution in [0, 0.1) is 20.8 Å². The Morgan fingerprint density at radius 3 is 2.68 bits per heavy atom. The van der Waals surface area contributed by atoms with Gasteiger partial charge in [-0.1, -0.05) is 33.8 Å². The Morgan fingerprint density at radius 2 is 1.93 bits per heavy atom. The molecule has 28 heavy (non-hydrogen) atoms. The van der Waals surface area contributed by atoms with Crippen molar-refractivity contribution in [1.82, 2.24) is 10.2 Å². The zero-order valence-electron chi connectivity index (χ0n) is 15.8. The first-order valence-electron chi connectivity index (χ1n) is 8.62. The van der Waals surface area contributed by atoms with E-state index in [4.69, 9.17) is 9.15 Å². The van der Waals surface area contributed by atoms with Crippen molar-refractivity contribution in [2.75, 3.05) is 11.1 Å². The van der Waals surface area contributed by atoms with Crippen LogP contribution < -0.4 is 10.1 Å². The summed E-state index contributed by atoms with van der Waals surface area (Å²) < 4.78 is 12.2. The van der Waals surface area contributed by atoms with Gasteiger partial charge in [0.05, 0.1) is 5.75 Å².